The van der Waals surface area contributed by atoms with E-state index < -0.39 is 10.0 Å². The molecular formula is C19H30IN5O3S2. The van der Waals surface area contributed by atoms with Gasteiger partial charge in [0.1, 0.15) is 9.97 Å². The predicted octanol–water partition coefficient (Wildman–Crippen LogP) is 2.89. The van der Waals surface area contributed by atoms with E-state index in [1.165, 1.54) is 25.3 Å². The van der Waals surface area contributed by atoms with Crippen molar-refractivity contribution in [2.24, 2.45) is 10.1 Å². The van der Waals surface area contributed by atoms with Crippen LogP contribution in [0.3, 0.4) is 0 Å². The van der Waals surface area contributed by atoms with Crippen molar-refractivity contribution in [3.05, 3.63) is 41.2 Å². The Labute approximate surface area is 199 Å². The zero-order valence-electron chi connectivity index (χ0n) is 17.0. The lowest BCUT2D eigenvalue weighted by molar-refractivity contribution is 0.146. The third kappa shape index (κ3) is 7.22. The number of hydrogen-bond acceptors (Lipinski definition) is 6. The molecule has 4 N–H and O–H groups in total. The van der Waals surface area contributed by atoms with Gasteiger partial charge in [-0.1, -0.05) is 6.42 Å². The number of nitrogens with one attached hydrogen (secondary N) is 2. The largest absolute Gasteiger partial charge is 0.468 e. The van der Waals surface area contributed by atoms with Crippen LogP contribution in [0, 0.1) is 0 Å². The average Bonchev–Trinajstić information content (AvgIpc) is 3.39. The second kappa shape index (κ2) is 12.0. The van der Waals surface area contributed by atoms with Crippen LogP contribution in [0.15, 0.2) is 44.1 Å². The van der Waals surface area contributed by atoms with Crippen LogP contribution in [0.2, 0.25) is 0 Å². The van der Waals surface area contributed by atoms with Crippen molar-refractivity contribution >= 4 is 51.3 Å². The number of piperidine rings is 1. The zero-order chi connectivity index (χ0) is 20.7. The van der Waals surface area contributed by atoms with Gasteiger partial charge in [-0.05, 0) is 57.1 Å². The Hall–Kier alpha value is -1.15. The molecule has 8 nitrogen and oxygen atoms in total. The maximum Gasteiger partial charge on any atom is 0.247 e. The van der Waals surface area contributed by atoms with Crippen LogP contribution in [0.4, 0.5) is 0 Å². The quantitative estimate of drug-likeness (QED) is 0.257. The van der Waals surface area contributed by atoms with E-state index in [0.717, 1.165) is 41.6 Å². The van der Waals surface area contributed by atoms with Gasteiger partial charge in [0.05, 0.1) is 18.8 Å². The second-order valence-electron chi connectivity index (χ2n) is 6.97. The summed E-state index contributed by atoms with van der Waals surface area (Å²) in [5.74, 6) is 1.64. The number of hydrogen-bond donors (Lipinski definition) is 3. The summed E-state index contributed by atoms with van der Waals surface area (Å²) in [7, 11) is -3.67. The molecule has 0 aromatic carbocycles. The van der Waals surface area contributed by atoms with E-state index in [1.807, 2.05) is 19.1 Å². The first kappa shape index (κ1) is 25.1. The Bertz CT molecular complexity index is 893. The molecule has 0 amide bonds. The van der Waals surface area contributed by atoms with Crippen molar-refractivity contribution in [3.63, 3.8) is 0 Å². The summed E-state index contributed by atoms with van der Waals surface area (Å²) in [5.41, 5.74) is 0. The minimum atomic E-state index is -3.67. The molecule has 1 atom stereocenters. The Morgan fingerprint density at radius 1 is 1.27 bits per heavy atom. The number of primary sulfonamides is 1. The van der Waals surface area contributed by atoms with Gasteiger partial charge < -0.3 is 15.1 Å². The zero-order valence-corrected chi connectivity index (χ0v) is 21.0. The highest BCUT2D eigenvalue weighted by Gasteiger charge is 2.24. The third-order valence-corrected chi connectivity index (χ3v) is 7.33. The van der Waals surface area contributed by atoms with E-state index in [0.29, 0.717) is 19.0 Å². The molecule has 3 rings (SSSR count). The summed E-state index contributed by atoms with van der Waals surface area (Å²) in [6.07, 6.45) is 5.40. The summed E-state index contributed by atoms with van der Waals surface area (Å²) < 4.78 is 28.7. The number of aliphatic imine (C=N–C) groups is 1. The van der Waals surface area contributed by atoms with Crippen LogP contribution >= 0.6 is 35.3 Å². The number of thiophene rings is 1. The molecule has 2 aromatic rings. The number of nitrogens with zero attached hydrogens (tertiary/aromatic N) is 2. The molecule has 2 aromatic heterocycles. The molecule has 3 heterocycles. The Kier molecular flexibility index (Phi) is 10.1. The molecule has 11 heteroatoms. The summed E-state index contributed by atoms with van der Waals surface area (Å²) in [5, 5.41) is 11.8. The summed E-state index contributed by atoms with van der Waals surface area (Å²) in [6.45, 7) is 5.92. The summed E-state index contributed by atoms with van der Waals surface area (Å²) in [4.78, 5) is 7.89. The van der Waals surface area contributed by atoms with Crippen LogP contribution in [0.5, 0.6) is 0 Å². The highest BCUT2D eigenvalue weighted by molar-refractivity contribution is 14.0. The Morgan fingerprint density at radius 2 is 2.03 bits per heavy atom. The maximum absolute atomic E-state index is 11.4. The average molecular weight is 568 g/mol. The Morgan fingerprint density at radius 3 is 2.63 bits per heavy atom. The van der Waals surface area contributed by atoms with Gasteiger partial charge in [-0.15, -0.1) is 35.3 Å². The minimum absolute atomic E-state index is 0. The van der Waals surface area contributed by atoms with Crippen LogP contribution in [0.1, 0.15) is 42.9 Å². The molecule has 1 aliphatic heterocycles. The fourth-order valence-electron chi connectivity index (χ4n) is 3.41. The molecule has 0 radical (unpaired) electrons. The number of likely N-dealkylation sites (tertiary alicyclic amines) is 1. The van der Waals surface area contributed by atoms with Crippen molar-refractivity contribution < 1.29 is 12.8 Å². The van der Waals surface area contributed by atoms with Gasteiger partial charge in [0.2, 0.25) is 10.0 Å². The fourth-order valence-corrected chi connectivity index (χ4v) is 5.11. The van der Waals surface area contributed by atoms with E-state index in [2.05, 4.69) is 20.5 Å². The lowest BCUT2D eigenvalue weighted by atomic mass is 10.1. The number of sulfonamides is 1. The first-order valence-corrected chi connectivity index (χ1v) is 12.2. The van der Waals surface area contributed by atoms with Gasteiger partial charge in [0.25, 0.3) is 0 Å². The predicted molar refractivity (Wildman–Crippen MR) is 131 cm³/mol. The van der Waals surface area contributed by atoms with Gasteiger partial charge in [-0.2, -0.15) is 0 Å². The molecule has 0 aliphatic carbocycles. The Balaban J connectivity index is 0.00000320. The molecule has 0 bridgehead atoms. The second-order valence-corrected chi connectivity index (χ2v) is 9.93. The van der Waals surface area contributed by atoms with Crippen molar-refractivity contribution in [2.45, 2.75) is 43.0 Å². The molecule has 1 aliphatic rings. The van der Waals surface area contributed by atoms with Gasteiger partial charge in [-0.25, -0.2) is 18.5 Å². The molecule has 1 fully saturated rings. The normalized spacial score (nSPS) is 16.7. The summed E-state index contributed by atoms with van der Waals surface area (Å²) in [6, 6.07) is 7.35. The van der Waals surface area contributed by atoms with E-state index in [4.69, 9.17) is 9.56 Å². The highest BCUT2D eigenvalue weighted by Crippen LogP contribution is 2.24. The third-order valence-electron chi connectivity index (χ3n) is 4.82. The van der Waals surface area contributed by atoms with Gasteiger partial charge >= 0.3 is 0 Å². The van der Waals surface area contributed by atoms with Crippen LogP contribution < -0.4 is 15.8 Å². The smallest absolute Gasteiger partial charge is 0.247 e. The van der Waals surface area contributed by atoms with Crippen molar-refractivity contribution in [1.29, 1.82) is 0 Å². The number of halogens is 1. The molecule has 0 saturated carbocycles. The monoisotopic (exact) mass is 567 g/mol. The van der Waals surface area contributed by atoms with E-state index in [1.54, 1.807) is 12.3 Å². The first-order chi connectivity index (χ1) is 14.0. The van der Waals surface area contributed by atoms with E-state index in [9.17, 15) is 8.42 Å². The number of guanidine groups is 1. The number of rotatable bonds is 8. The molecular weight excluding hydrogens is 537 g/mol. The van der Waals surface area contributed by atoms with Gasteiger partial charge in [0, 0.05) is 18.0 Å². The number of nitrogens with two attached hydrogens (primary N) is 1. The lowest BCUT2D eigenvalue weighted by Gasteiger charge is -2.33. The lowest BCUT2D eigenvalue weighted by Crippen LogP contribution is -2.44. The standard InChI is InChI=1S/C19H29N5O3S2.HI/c1-2-21-19(22-13-15-8-9-18(28-15)29(20,25)26)23-14-16(17-7-6-12-27-17)24-10-4-3-5-11-24;/h6-9,12,16H,2-5,10-11,13-14H2,1H3,(H2,20,25,26)(H2,21,22,23);1H. The van der Waals surface area contributed by atoms with E-state index >= 15 is 0 Å². The van der Waals surface area contributed by atoms with Gasteiger partial charge in [-0.3, -0.25) is 4.90 Å². The topological polar surface area (TPSA) is 113 Å². The van der Waals surface area contributed by atoms with Crippen LogP contribution in [-0.2, 0) is 16.6 Å². The first-order valence-electron chi connectivity index (χ1n) is 9.88. The highest BCUT2D eigenvalue weighted by atomic mass is 127. The van der Waals surface area contributed by atoms with Crippen molar-refractivity contribution in [3.8, 4) is 0 Å². The summed E-state index contributed by atoms with van der Waals surface area (Å²) >= 11 is 1.15. The molecule has 0 spiro atoms. The molecule has 1 saturated heterocycles. The minimum Gasteiger partial charge on any atom is -0.468 e. The maximum atomic E-state index is 11.4. The molecule has 30 heavy (non-hydrogen) atoms. The van der Waals surface area contributed by atoms with Crippen LogP contribution in [0.25, 0.3) is 0 Å². The van der Waals surface area contributed by atoms with E-state index in [-0.39, 0.29) is 34.2 Å². The van der Waals surface area contributed by atoms with Crippen molar-refractivity contribution in [2.75, 3.05) is 26.2 Å². The molecule has 1 unspecified atom stereocenters. The van der Waals surface area contributed by atoms with Crippen molar-refractivity contribution in [1.82, 2.24) is 15.5 Å². The van der Waals surface area contributed by atoms with Gasteiger partial charge in [0.15, 0.2) is 5.96 Å². The number of furan rings is 1. The van der Waals surface area contributed by atoms with Crippen LogP contribution in [-0.4, -0.2) is 45.5 Å². The molecule has 168 valence electrons. The SMILES string of the molecule is CCNC(=NCc1ccc(S(N)(=O)=O)s1)NCC(c1ccco1)N1CCCCC1.I. The fraction of sp³-hybridized carbons (Fsp3) is 0.526.